The van der Waals surface area contributed by atoms with Gasteiger partial charge < -0.3 is 9.50 Å². The van der Waals surface area contributed by atoms with E-state index in [0.717, 1.165) is 10.9 Å². The number of hydrogen-bond donors (Lipinski definition) is 1. The molecule has 0 aliphatic heterocycles. The van der Waals surface area contributed by atoms with Crippen LogP contribution in [0.3, 0.4) is 0 Å². The lowest BCUT2D eigenvalue weighted by Crippen LogP contribution is -2.17. The molecule has 76 valence electrons. The molecule has 1 heterocycles. The molecule has 5 nitrogen and oxygen atoms in total. The zero-order chi connectivity index (χ0) is 11.0. The molecule has 15 heavy (non-hydrogen) atoms. The summed E-state index contributed by atoms with van der Waals surface area (Å²) in [7, 11) is -0.635. The Morgan fingerprint density at radius 1 is 1.47 bits per heavy atom. The molecule has 0 saturated heterocycles. The van der Waals surface area contributed by atoms with Crippen molar-refractivity contribution in [2.75, 3.05) is 0 Å². The summed E-state index contributed by atoms with van der Waals surface area (Å²) in [6.45, 7) is 1.64. The average Bonchev–Trinajstić information content (AvgIpc) is 2.59. The van der Waals surface area contributed by atoms with E-state index in [-0.39, 0.29) is 5.69 Å². The average molecular weight is 204 g/mol. The van der Waals surface area contributed by atoms with Gasteiger partial charge >= 0.3 is 7.05 Å². The van der Waals surface area contributed by atoms with Gasteiger partial charge in [0, 0.05) is 23.0 Å². The summed E-state index contributed by atoms with van der Waals surface area (Å²) in [5, 5.41) is 20.7. The number of fused-ring (bicyclic) bond motifs is 1. The van der Waals surface area contributed by atoms with Crippen LogP contribution in [-0.4, -0.2) is 21.5 Å². The van der Waals surface area contributed by atoms with Crippen LogP contribution in [0.5, 0.6) is 0 Å². The first-order valence-electron chi connectivity index (χ1n) is 4.52. The lowest BCUT2D eigenvalue weighted by atomic mass is 9.88. The van der Waals surface area contributed by atoms with Gasteiger partial charge in [-0.2, -0.15) is 0 Å². The highest BCUT2D eigenvalue weighted by Gasteiger charge is 2.12. The van der Waals surface area contributed by atoms with Crippen molar-refractivity contribution in [3.05, 3.63) is 40.6 Å². The maximum atomic E-state index is 10.5. The number of aromatic nitrogens is 1. The summed E-state index contributed by atoms with van der Waals surface area (Å²) in [6, 6.07) is 6.31. The molecule has 0 saturated carbocycles. The molecule has 0 atom stereocenters. The molecule has 1 aromatic carbocycles. The highest BCUT2D eigenvalue weighted by Crippen LogP contribution is 2.21. The third-order valence-electron chi connectivity index (χ3n) is 2.32. The van der Waals surface area contributed by atoms with Gasteiger partial charge in [-0.25, -0.2) is 0 Å². The lowest BCUT2D eigenvalue weighted by molar-refractivity contribution is -0.384. The largest absolute Gasteiger partial charge is 0.432 e. The SMILES string of the molecule is CB(O)n1ccc2cc([N+](=O)[O-])ccc21. The van der Waals surface area contributed by atoms with Crippen molar-refractivity contribution in [2.24, 2.45) is 0 Å². The first kappa shape index (κ1) is 9.73. The molecule has 1 N–H and O–H groups in total. The number of nitrogens with zero attached hydrogens (tertiary/aromatic N) is 2. The molecule has 2 rings (SSSR count). The molecule has 0 spiro atoms. The number of nitro groups is 1. The molecule has 0 unspecified atom stereocenters. The van der Waals surface area contributed by atoms with Crippen LogP contribution in [-0.2, 0) is 0 Å². The predicted octanol–water partition coefficient (Wildman–Crippen LogP) is 1.51. The van der Waals surface area contributed by atoms with Gasteiger partial charge in [-0.3, -0.25) is 10.1 Å². The topological polar surface area (TPSA) is 68.3 Å². The van der Waals surface area contributed by atoms with Gasteiger partial charge in [0.1, 0.15) is 0 Å². The van der Waals surface area contributed by atoms with Gasteiger partial charge in [0.15, 0.2) is 0 Å². The van der Waals surface area contributed by atoms with Gasteiger partial charge in [0.2, 0.25) is 0 Å². The molecular formula is C9H9BN2O3. The van der Waals surface area contributed by atoms with Crippen molar-refractivity contribution in [1.82, 2.24) is 4.48 Å². The molecule has 0 fully saturated rings. The van der Waals surface area contributed by atoms with E-state index in [2.05, 4.69) is 0 Å². The molecule has 6 heteroatoms. The maximum Gasteiger partial charge on any atom is 0.413 e. The van der Waals surface area contributed by atoms with Crippen LogP contribution in [0.2, 0.25) is 6.82 Å². The predicted molar refractivity (Wildman–Crippen MR) is 57.8 cm³/mol. The Labute approximate surface area is 86.2 Å². The van der Waals surface area contributed by atoms with Crippen LogP contribution in [0.25, 0.3) is 10.9 Å². The molecule has 0 aliphatic carbocycles. The minimum absolute atomic E-state index is 0.0610. The third kappa shape index (κ3) is 1.59. The smallest absolute Gasteiger partial charge is 0.413 e. The summed E-state index contributed by atoms with van der Waals surface area (Å²) < 4.78 is 1.65. The fourth-order valence-electron chi connectivity index (χ4n) is 1.59. The first-order chi connectivity index (χ1) is 7.09. The zero-order valence-electron chi connectivity index (χ0n) is 8.12. The Morgan fingerprint density at radius 3 is 2.80 bits per heavy atom. The fourth-order valence-corrected chi connectivity index (χ4v) is 1.59. The maximum absolute atomic E-state index is 10.5. The van der Waals surface area contributed by atoms with Gasteiger partial charge in [0.05, 0.1) is 4.92 Å². The highest BCUT2D eigenvalue weighted by atomic mass is 16.6. The minimum Gasteiger partial charge on any atom is -0.432 e. The van der Waals surface area contributed by atoms with E-state index >= 15 is 0 Å². The number of benzene rings is 1. The van der Waals surface area contributed by atoms with Crippen molar-refractivity contribution in [2.45, 2.75) is 6.82 Å². The van der Waals surface area contributed by atoms with Crippen LogP contribution in [0.4, 0.5) is 5.69 Å². The first-order valence-corrected chi connectivity index (χ1v) is 4.52. The second-order valence-corrected chi connectivity index (χ2v) is 3.36. The van der Waals surface area contributed by atoms with E-state index in [4.69, 9.17) is 0 Å². The molecule has 0 amide bonds. The molecule has 0 radical (unpaired) electrons. The molecular weight excluding hydrogens is 195 g/mol. The van der Waals surface area contributed by atoms with E-state index in [0.29, 0.717) is 0 Å². The number of nitro benzene ring substituents is 1. The van der Waals surface area contributed by atoms with Gasteiger partial charge in [-0.1, -0.05) is 0 Å². The molecule has 0 bridgehead atoms. The summed E-state index contributed by atoms with van der Waals surface area (Å²) in [5.41, 5.74) is 0.849. The van der Waals surface area contributed by atoms with Crippen LogP contribution >= 0.6 is 0 Å². The standard InChI is InChI=1S/C9H9BN2O3/c1-10(13)11-5-4-7-6-8(12(14)15)2-3-9(7)11/h2-6,13H,1H3. The van der Waals surface area contributed by atoms with Crippen molar-refractivity contribution in [1.29, 1.82) is 0 Å². The quantitative estimate of drug-likeness (QED) is 0.457. The Hall–Kier alpha value is -1.82. The second-order valence-electron chi connectivity index (χ2n) is 3.36. The van der Waals surface area contributed by atoms with E-state index < -0.39 is 12.0 Å². The normalized spacial score (nSPS) is 10.5. The minimum atomic E-state index is -0.635. The highest BCUT2D eigenvalue weighted by molar-refractivity contribution is 6.48. The summed E-state index contributed by atoms with van der Waals surface area (Å²) in [6.07, 6.45) is 1.71. The van der Waals surface area contributed by atoms with Crippen LogP contribution < -0.4 is 0 Å². The molecule has 1 aromatic heterocycles. The van der Waals surface area contributed by atoms with Crippen molar-refractivity contribution >= 4 is 23.6 Å². The molecule has 0 aliphatic rings. The van der Waals surface area contributed by atoms with Crippen molar-refractivity contribution in [3.63, 3.8) is 0 Å². The van der Waals surface area contributed by atoms with Gasteiger partial charge in [-0.05, 0) is 25.2 Å². The molecule has 2 aromatic rings. The van der Waals surface area contributed by atoms with Crippen LogP contribution in [0, 0.1) is 10.1 Å². The van der Waals surface area contributed by atoms with Crippen molar-refractivity contribution in [3.8, 4) is 0 Å². The zero-order valence-corrected chi connectivity index (χ0v) is 8.12. The third-order valence-corrected chi connectivity index (χ3v) is 2.32. The second kappa shape index (κ2) is 3.40. The van der Waals surface area contributed by atoms with E-state index in [1.807, 2.05) is 0 Å². The monoisotopic (exact) mass is 204 g/mol. The Bertz CT molecular complexity index is 521. The summed E-state index contributed by atoms with van der Waals surface area (Å²) in [5.74, 6) is 0. The van der Waals surface area contributed by atoms with Gasteiger partial charge in [-0.15, -0.1) is 0 Å². The van der Waals surface area contributed by atoms with Crippen LogP contribution in [0.1, 0.15) is 0 Å². The van der Waals surface area contributed by atoms with Crippen molar-refractivity contribution < 1.29 is 9.95 Å². The van der Waals surface area contributed by atoms with E-state index in [9.17, 15) is 15.1 Å². The summed E-state index contributed by atoms with van der Waals surface area (Å²) in [4.78, 5) is 10.1. The summed E-state index contributed by atoms with van der Waals surface area (Å²) >= 11 is 0. The fraction of sp³-hybridized carbons (Fsp3) is 0.111. The lowest BCUT2D eigenvalue weighted by Gasteiger charge is -2.03. The number of hydrogen-bond acceptors (Lipinski definition) is 3. The van der Waals surface area contributed by atoms with Gasteiger partial charge in [0.25, 0.3) is 5.69 Å². The Balaban J connectivity index is 2.61. The number of non-ortho nitro benzene ring substituents is 1. The Kier molecular flexibility index (Phi) is 2.20. The number of rotatable bonds is 2. The van der Waals surface area contributed by atoms with Crippen LogP contribution in [0.15, 0.2) is 30.5 Å². The Morgan fingerprint density at radius 2 is 2.20 bits per heavy atom. The van der Waals surface area contributed by atoms with E-state index in [1.165, 1.54) is 12.1 Å². The van der Waals surface area contributed by atoms with E-state index in [1.54, 1.807) is 29.6 Å².